The molecule has 0 atom stereocenters. The number of rotatable bonds is 3. The third-order valence-electron chi connectivity index (χ3n) is 2.67. The SMILES string of the molecule is CNC(=O)c1cc(Oc2ccc(N)c(C)c2)ccn1.Cl. The van der Waals surface area contributed by atoms with Crippen LogP contribution in [0.15, 0.2) is 36.5 Å². The monoisotopic (exact) mass is 293 g/mol. The fraction of sp³-hybridized carbons (Fsp3) is 0.143. The number of halogens is 1. The lowest BCUT2D eigenvalue weighted by Crippen LogP contribution is -2.18. The van der Waals surface area contributed by atoms with Crippen LogP contribution >= 0.6 is 12.4 Å². The minimum atomic E-state index is -0.251. The summed E-state index contributed by atoms with van der Waals surface area (Å²) in [6, 6.07) is 8.69. The summed E-state index contributed by atoms with van der Waals surface area (Å²) < 4.78 is 5.67. The summed E-state index contributed by atoms with van der Waals surface area (Å²) in [5.41, 5.74) is 7.72. The van der Waals surface area contributed by atoms with Crippen molar-refractivity contribution in [3.8, 4) is 11.5 Å². The lowest BCUT2D eigenvalue weighted by atomic mass is 10.2. The highest BCUT2D eigenvalue weighted by Gasteiger charge is 2.07. The number of nitrogens with two attached hydrogens (primary N) is 1. The van der Waals surface area contributed by atoms with Gasteiger partial charge in [0.1, 0.15) is 17.2 Å². The van der Waals surface area contributed by atoms with Crippen LogP contribution in [0, 0.1) is 6.92 Å². The molecule has 3 N–H and O–H groups in total. The van der Waals surface area contributed by atoms with Gasteiger partial charge in [0.15, 0.2) is 0 Å². The zero-order valence-corrected chi connectivity index (χ0v) is 12.0. The van der Waals surface area contributed by atoms with Crippen LogP contribution in [0.5, 0.6) is 11.5 Å². The van der Waals surface area contributed by atoms with E-state index in [0.717, 1.165) is 5.56 Å². The highest BCUT2D eigenvalue weighted by atomic mass is 35.5. The topological polar surface area (TPSA) is 77.2 Å². The Bertz CT molecular complexity index is 617. The first-order chi connectivity index (χ1) is 9.10. The molecule has 0 saturated carbocycles. The number of benzene rings is 1. The Hall–Kier alpha value is -2.27. The molecule has 5 nitrogen and oxygen atoms in total. The summed E-state index contributed by atoms with van der Waals surface area (Å²) in [6.07, 6.45) is 1.53. The predicted molar refractivity (Wildman–Crippen MR) is 80.5 cm³/mol. The van der Waals surface area contributed by atoms with Gasteiger partial charge in [-0.2, -0.15) is 0 Å². The van der Waals surface area contributed by atoms with E-state index in [1.807, 2.05) is 13.0 Å². The molecule has 106 valence electrons. The van der Waals surface area contributed by atoms with Crippen molar-refractivity contribution in [3.63, 3.8) is 0 Å². The minimum absolute atomic E-state index is 0. The van der Waals surface area contributed by atoms with Crippen molar-refractivity contribution in [2.75, 3.05) is 12.8 Å². The molecule has 1 aromatic heterocycles. The largest absolute Gasteiger partial charge is 0.457 e. The molecule has 0 aliphatic rings. The van der Waals surface area contributed by atoms with Crippen molar-refractivity contribution in [2.45, 2.75) is 6.92 Å². The van der Waals surface area contributed by atoms with E-state index >= 15 is 0 Å². The van der Waals surface area contributed by atoms with E-state index in [9.17, 15) is 4.79 Å². The maximum atomic E-state index is 11.5. The smallest absolute Gasteiger partial charge is 0.269 e. The second-order valence-corrected chi connectivity index (χ2v) is 4.08. The number of hydrogen-bond acceptors (Lipinski definition) is 4. The predicted octanol–water partition coefficient (Wildman–Crippen LogP) is 2.55. The fourth-order valence-corrected chi connectivity index (χ4v) is 1.57. The molecule has 0 radical (unpaired) electrons. The minimum Gasteiger partial charge on any atom is -0.457 e. The van der Waals surface area contributed by atoms with Crippen LogP contribution in [0.1, 0.15) is 16.1 Å². The molecule has 0 saturated heterocycles. The zero-order valence-electron chi connectivity index (χ0n) is 11.2. The average Bonchev–Trinajstić information content (AvgIpc) is 2.42. The van der Waals surface area contributed by atoms with Crippen molar-refractivity contribution in [2.24, 2.45) is 0 Å². The van der Waals surface area contributed by atoms with Crippen LogP contribution < -0.4 is 15.8 Å². The van der Waals surface area contributed by atoms with Crippen molar-refractivity contribution in [1.82, 2.24) is 10.3 Å². The molecule has 0 bridgehead atoms. The van der Waals surface area contributed by atoms with Gasteiger partial charge in [0.2, 0.25) is 0 Å². The maximum Gasteiger partial charge on any atom is 0.269 e. The zero-order chi connectivity index (χ0) is 13.8. The number of nitrogens with zero attached hydrogens (tertiary/aromatic N) is 1. The van der Waals surface area contributed by atoms with Crippen LogP contribution in [0.2, 0.25) is 0 Å². The van der Waals surface area contributed by atoms with E-state index < -0.39 is 0 Å². The molecule has 20 heavy (non-hydrogen) atoms. The number of anilines is 1. The van der Waals surface area contributed by atoms with E-state index in [1.54, 1.807) is 31.3 Å². The van der Waals surface area contributed by atoms with Crippen LogP contribution in [0.3, 0.4) is 0 Å². The van der Waals surface area contributed by atoms with Gasteiger partial charge in [-0.15, -0.1) is 12.4 Å². The third-order valence-corrected chi connectivity index (χ3v) is 2.67. The summed E-state index contributed by atoms with van der Waals surface area (Å²) in [5.74, 6) is 0.970. The highest BCUT2D eigenvalue weighted by molar-refractivity contribution is 5.92. The molecule has 6 heteroatoms. The Kier molecular flexibility index (Phi) is 5.34. The number of pyridine rings is 1. The van der Waals surface area contributed by atoms with Crippen LogP contribution in [0.4, 0.5) is 5.69 Å². The Balaban J connectivity index is 0.00000200. The van der Waals surface area contributed by atoms with E-state index in [1.165, 1.54) is 6.20 Å². The lowest BCUT2D eigenvalue weighted by molar-refractivity contribution is 0.0958. The van der Waals surface area contributed by atoms with Crippen molar-refractivity contribution in [3.05, 3.63) is 47.8 Å². The number of nitrogen functional groups attached to an aromatic ring is 1. The number of amides is 1. The molecular weight excluding hydrogens is 278 g/mol. The first-order valence-corrected chi connectivity index (χ1v) is 5.82. The molecule has 0 spiro atoms. The molecule has 0 aliphatic heterocycles. The molecule has 2 rings (SSSR count). The number of aryl methyl sites for hydroxylation is 1. The molecule has 1 heterocycles. The number of carbonyl (C=O) groups is 1. The quantitative estimate of drug-likeness (QED) is 0.853. The Morgan fingerprint density at radius 1 is 1.25 bits per heavy atom. The molecule has 0 fully saturated rings. The van der Waals surface area contributed by atoms with Gasteiger partial charge >= 0.3 is 0 Å². The lowest BCUT2D eigenvalue weighted by Gasteiger charge is -2.08. The molecule has 1 amide bonds. The number of aromatic nitrogens is 1. The van der Waals surface area contributed by atoms with Crippen molar-refractivity contribution >= 4 is 24.0 Å². The summed E-state index contributed by atoms with van der Waals surface area (Å²) in [5, 5.41) is 2.52. The second-order valence-electron chi connectivity index (χ2n) is 4.08. The summed E-state index contributed by atoms with van der Waals surface area (Å²) in [4.78, 5) is 15.4. The maximum absolute atomic E-state index is 11.5. The van der Waals surface area contributed by atoms with Gasteiger partial charge < -0.3 is 15.8 Å². The van der Waals surface area contributed by atoms with Gasteiger partial charge in [-0.3, -0.25) is 9.78 Å². The Morgan fingerprint density at radius 2 is 1.95 bits per heavy atom. The van der Waals surface area contributed by atoms with Crippen molar-refractivity contribution in [1.29, 1.82) is 0 Å². The standard InChI is InChI=1S/C14H15N3O2.ClH/c1-9-7-10(3-4-12(9)15)19-11-5-6-17-13(8-11)14(18)16-2;/h3-8H,15H2,1-2H3,(H,16,18);1H. The summed E-state index contributed by atoms with van der Waals surface area (Å²) in [6.45, 7) is 1.91. The molecular formula is C14H16ClN3O2. The molecule has 0 unspecified atom stereocenters. The summed E-state index contributed by atoms with van der Waals surface area (Å²) >= 11 is 0. The van der Waals surface area contributed by atoms with E-state index in [0.29, 0.717) is 22.9 Å². The van der Waals surface area contributed by atoms with Gasteiger partial charge in [-0.05, 0) is 36.8 Å². The number of carbonyl (C=O) groups excluding carboxylic acids is 1. The Labute approximate surface area is 123 Å². The van der Waals surface area contributed by atoms with E-state index in [2.05, 4.69) is 10.3 Å². The first-order valence-electron chi connectivity index (χ1n) is 5.82. The van der Waals surface area contributed by atoms with Gasteiger partial charge in [-0.25, -0.2) is 0 Å². The van der Waals surface area contributed by atoms with Gasteiger partial charge in [0.25, 0.3) is 5.91 Å². The van der Waals surface area contributed by atoms with Crippen LogP contribution in [0.25, 0.3) is 0 Å². The van der Waals surface area contributed by atoms with E-state index in [-0.39, 0.29) is 18.3 Å². The second kappa shape index (κ2) is 6.77. The number of ether oxygens (including phenoxy) is 1. The molecule has 1 aromatic carbocycles. The van der Waals surface area contributed by atoms with Gasteiger partial charge in [-0.1, -0.05) is 0 Å². The summed E-state index contributed by atoms with van der Waals surface area (Å²) in [7, 11) is 1.56. The van der Waals surface area contributed by atoms with Gasteiger partial charge in [0.05, 0.1) is 0 Å². The van der Waals surface area contributed by atoms with Gasteiger partial charge in [0, 0.05) is 25.0 Å². The third kappa shape index (κ3) is 3.61. The Morgan fingerprint density at radius 3 is 2.60 bits per heavy atom. The number of nitrogens with one attached hydrogen (secondary N) is 1. The molecule has 2 aromatic rings. The first kappa shape index (κ1) is 15.8. The van der Waals surface area contributed by atoms with Crippen LogP contribution in [-0.2, 0) is 0 Å². The number of hydrogen-bond donors (Lipinski definition) is 2. The molecule has 0 aliphatic carbocycles. The van der Waals surface area contributed by atoms with Crippen LogP contribution in [-0.4, -0.2) is 17.9 Å². The highest BCUT2D eigenvalue weighted by Crippen LogP contribution is 2.24. The normalized spacial score (nSPS) is 9.50. The van der Waals surface area contributed by atoms with Crippen molar-refractivity contribution < 1.29 is 9.53 Å². The fourth-order valence-electron chi connectivity index (χ4n) is 1.57. The van der Waals surface area contributed by atoms with E-state index in [4.69, 9.17) is 10.5 Å². The average molecular weight is 294 g/mol.